The van der Waals surface area contributed by atoms with Crippen LogP contribution in [0, 0.1) is 0 Å². The first kappa shape index (κ1) is 11.8. The first-order chi connectivity index (χ1) is 10.2. The zero-order chi connectivity index (χ0) is 14.4. The Balaban J connectivity index is 1.69. The predicted octanol–water partition coefficient (Wildman–Crippen LogP) is 2.36. The van der Waals surface area contributed by atoms with Crippen LogP contribution in [0.4, 0.5) is 0 Å². The van der Waals surface area contributed by atoms with E-state index in [4.69, 9.17) is 0 Å². The summed E-state index contributed by atoms with van der Waals surface area (Å²) in [6.45, 7) is 0.265. The van der Waals surface area contributed by atoms with Crippen LogP contribution in [0.3, 0.4) is 0 Å². The van der Waals surface area contributed by atoms with Gasteiger partial charge in [-0.25, -0.2) is 4.98 Å². The van der Waals surface area contributed by atoms with Gasteiger partial charge in [-0.3, -0.25) is 14.5 Å². The summed E-state index contributed by atoms with van der Waals surface area (Å²) in [5, 5.41) is 0. The average molecular weight is 277 g/mol. The summed E-state index contributed by atoms with van der Waals surface area (Å²) in [5.74, 6) is -0.472. The van der Waals surface area contributed by atoms with Crippen molar-refractivity contribution in [1.82, 2.24) is 14.9 Å². The number of aromatic nitrogens is 2. The van der Waals surface area contributed by atoms with E-state index in [0.29, 0.717) is 11.1 Å². The normalized spacial score (nSPS) is 14.0. The average Bonchev–Trinajstić information content (AvgIpc) is 3.06. The molecule has 0 bridgehead atoms. The van der Waals surface area contributed by atoms with Crippen molar-refractivity contribution >= 4 is 22.8 Å². The molecule has 1 aromatic heterocycles. The molecule has 4 rings (SSSR count). The molecule has 0 aliphatic carbocycles. The summed E-state index contributed by atoms with van der Waals surface area (Å²) in [4.78, 5) is 33.1. The molecule has 0 fully saturated rings. The van der Waals surface area contributed by atoms with Crippen LogP contribution in [0.25, 0.3) is 11.0 Å². The molecule has 2 heterocycles. The first-order valence-electron chi connectivity index (χ1n) is 6.61. The van der Waals surface area contributed by atoms with E-state index in [1.807, 2.05) is 18.2 Å². The van der Waals surface area contributed by atoms with E-state index >= 15 is 0 Å². The smallest absolute Gasteiger partial charge is 0.261 e. The third-order valence-corrected chi connectivity index (χ3v) is 3.70. The van der Waals surface area contributed by atoms with Gasteiger partial charge in [-0.05, 0) is 29.8 Å². The molecule has 5 nitrogen and oxygen atoms in total. The number of carbonyl (C=O) groups is 2. The SMILES string of the molecule is O=C1c2ccccc2C(=O)N1Cc1ccc2nc[nH]c2c1. The number of rotatable bonds is 2. The number of H-pyrrole nitrogens is 1. The third kappa shape index (κ3) is 1.74. The van der Waals surface area contributed by atoms with Crippen molar-refractivity contribution in [3.05, 3.63) is 65.5 Å². The Labute approximate surface area is 120 Å². The first-order valence-corrected chi connectivity index (χ1v) is 6.61. The Hall–Kier alpha value is -2.95. The van der Waals surface area contributed by atoms with Gasteiger partial charge >= 0.3 is 0 Å². The fraction of sp³-hybridized carbons (Fsp3) is 0.0625. The van der Waals surface area contributed by atoms with Crippen LogP contribution in [0.15, 0.2) is 48.8 Å². The van der Waals surface area contributed by atoms with Gasteiger partial charge in [0.05, 0.1) is 35.0 Å². The molecule has 1 aliphatic rings. The molecule has 0 radical (unpaired) electrons. The molecule has 5 heteroatoms. The minimum Gasteiger partial charge on any atom is -0.345 e. The summed E-state index contributed by atoms with van der Waals surface area (Å²) in [6.07, 6.45) is 1.62. The number of hydrogen-bond donors (Lipinski definition) is 1. The van der Waals surface area contributed by atoms with Crippen molar-refractivity contribution in [3.63, 3.8) is 0 Å². The van der Waals surface area contributed by atoms with Crippen LogP contribution in [-0.4, -0.2) is 26.7 Å². The maximum Gasteiger partial charge on any atom is 0.261 e. The second kappa shape index (κ2) is 4.28. The molecule has 0 unspecified atom stereocenters. The second-order valence-electron chi connectivity index (χ2n) is 5.00. The van der Waals surface area contributed by atoms with Gasteiger partial charge in [0.15, 0.2) is 0 Å². The van der Waals surface area contributed by atoms with Gasteiger partial charge in [0.25, 0.3) is 11.8 Å². The highest BCUT2D eigenvalue weighted by atomic mass is 16.2. The molecule has 0 saturated heterocycles. The number of benzene rings is 2. The number of hydrogen-bond acceptors (Lipinski definition) is 3. The summed E-state index contributed by atoms with van der Waals surface area (Å²) >= 11 is 0. The lowest BCUT2D eigenvalue weighted by Gasteiger charge is -2.13. The van der Waals surface area contributed by atoms with E-state index in [0.717, 1.165) is 16.6 Å². The predicted molar refractivity (Wildman–Crippen MR) is 76.7 cm³/mol. The Morgan fingerprint density at radius 2 is 1.71 bits per heavy atom. The molecule has 1 aliphatic heterocycles. The Kier molecular flexibility index (Phi) is 2.41. The maximum absolute atomic E-state index is 12.3. The minimum absolute atomic E-state index is 0.236. The van der Waals surface area contributed by atoms with Crippen molar-refractivity contribution < 1.29 is 9.59 Å². The number of imide groups is 1. The van der Waals surface area contributed by atoms with Crippen molar-refractivity contribution in [2.45, 2.75) is 6.54 Å². The number of fused-ring (bicyclic) bond motifs is 2. The van der Waals surface area contributed by atoms with Gasteiger partial charge in [0.1, 0.15) is 0 Å². The number of amides is 2. The van der Waals surface area contributed by atoms with Crippen LogP contribution in [0.2, 0.25) is 0 Å². The van der Waals surface area contributed by atoms with Crippen LogP contribution in [-0.2, 0) is 6.54 Å². The quantitative estimate of drug-likeness (QED) is 0.731. The number of nitrogens with one attached hydrogen (secondary N) is 1. The highest BCUT2D eigenvalue weighted by Gasteiger charge is 2.34. The van der Waals surface area contributed by atoms with Gasteiger partial charge < -0.3 is 4.98 Å². The van der Waals surface area contributed by atoms with E-state index in [2.05, 4.69) is 9.97 Å². The van der Waals surface area contributed by atoms with Gasteiger partial charge in [0.2, 0.25) is 0 Å². The fourth-order valence-corrected chi connectivity index (χ4v) is 2.65. The molecule has 0 saturated carbocycles. The third-order valence-electron chi connectivity index (χ3n) is 3.70. The Morgan fingerprint density at radius 1 is 1.00 bits per heavy atom. The van der Waals surface area contributed by atoms with Gasteiger partial charge in [-0.2, -0.15) is 0 Å². The number of carbonyl (C=O) groups excluding carboxylic acids is 2. The minimum atomic E-state index is -0.236. The summed E-state index contributed by atoms with van der Waals surface area (Å²) in [6, 6.07) is 12.6. The highest BCUT2D eigenvalue weighted by Crippen LogP contribution is 2.24. The molecule has 2 amide bonds. The van der Waals surface area contributed by atoms with E-state index in [1.54, 1.807) is 30.6 Å². The van der Waals surface area contributed by atoms with E-state index < -0.39 is 0 Å². The van der Waals surface area contributed by atoms with E-state index in [-0.39, 0.29) is 18.4 Å². The van der Waals surface area contributed by atoms with Crippen LogP contribution >= 0.6 is 0 Å². The molecule has 3 aromatic rings. The largest absolute Gasteiger partial charge is 0.345 e. The summed E-state index contributed by atoms with van der Waals surface area (Å²) < 4.78 is 0. The van der Waals surface area contributed by atoms with Crippen molar-refractivity contribution in [2.24, 2.45) is 0 Å². The molecule has 102 valence electrons. The van der Waals surface area contributed by atoms with Gasteiger partial charge in [-0.15, -0.1) is 0 Å². The van der Waals surface area contributed by atoms with Crippen LogP contribution in [0.1, 0.15) is 26.3 Å². The lowest BCUT2D eigenvalue weighted by atomic mass is 10.1. The van der Waals surface area contributed by atoms with E-state index in [1.165, 1.54) is 4.90 Å². The molecule has 0 spiro atoms. The number of nitrogens with zero attached hydrogens (tertiary/aromatic N) is 2. The highest BCUT2D eigenvalue weighted by molar-refractivity contribution is 6.21. The molecule has 21 heavy (non-hydrogen) atoms. The van der Waals surface area contributed by atoms with Crippen LogP contribution in [0.5, 0.6) is 0 Å². The van der Waals surface area contributed by atoms with Crippen LogP contribution < -0.4 is 0 Å². The lowest BCUT2D eigenvalue weighted by Crippen LogP contribution is -2.29. The second-order valence-corrected chi connectivity index (χ2v) is 5.00. The Morgan fingerprint density at radius 3 is 2.43 bits per heavy atom. The molecule has 2 aromatic carbocycles. The fourth-order valence-electron chi connectivity index (χ4n) is 2.65. The zero-order valence-electron chi connectivity index (χ0n) is 11.0. The summed E-state index contributed by atoms with van der Waals surface area (Å²) in [5.41, 5.74) is 3.60. The Bertz CT molecular complexity index is 847. The maximum atomic E-state index is 12.3. The van der Waals surface area contributed by atoms with Crippen molar-refractivity contribution in [3.8, 4) is 0 Å². The lowest BCUT2D eigenvalue weighted by molar-refractivity contribution is 0.0642. The standard InChI is InChI=1S/C16H11N3O2/c20-15-11-3-1-2-4-12(11)16(21)19(15)8-10-5-6-13-14(7-10)18-9-17-13/h1-7,9H,8H2,(H,17,18). The van der Waals surface area contributed by atoms with Crippen molar-refractivity contribution in [2.75, 3.05) is 0 Å². The summed E-state index contributed by atoms with van der Waals surface area (Å²) in [7, 11) is 0. The molecule has 0 atom stereocenters. The van der Waals surface area contributed by atoms with E-state index in [9.17, 15) is 9.59 Å². The number of imidazole rings is 1. The zero-order valence-corrected chi connectivity index (χ0v) is 11.0. The molecular weight excluding hydrogens is 266 g/mol. The molecule has 1 N–H and O–H groups in total. The van der Waals surface area contributed by atoms with Crippen molar-refractivity contribution in [1.29, 1.82) is 0 Å². The molecular formula is C16H11N3O2. The van der Waals surface area contributed by atoms with Gasteiger partial charge in [-0.1, -0.05) is 18.2 Å². The van der Waals surface area contributed by atoms with Gasteiger partial charge in [0, 0.05) is 0 Å². The number of aromatic amines is 1. The topological polar surface area (TPSA) is 66.1 Å². The monoisotopic (exact) mass is 277 g/mol.